The highest BCUT2D eigenvalue weighted by molar-refractivity contribution is 5.37. The molecule has 0 fully saturated rings. The second-order valence-electron chi connectivity index (χ2n) is 5.76. The Balaban J connectivity index is 1.70. The Kier molecular flexibility index (Phi) is 4.71. The molecule has 4 nitrogen and oxygen atoms in total. The number of nitrogens with zero attached hydrogens (tertiary/aromatic N) is 2. The number of para-hydroxylation sites is 1. The standard InChI is InChI=1S/C19H20N2O2/c1-14(2)19-20-18(23-21-19)13-22-17-11-7-6-10-16(17)12-15-8-4-3-5-9-15/h3-11,14H,12-13H2,1-2H3. The third-order valence-corrected chi connectivity index (χ3v) is 3.56. The fourth-order valence-electron chi connectivity index (χ4n) is 2.31. The van der Waals surface area contributed by atoms with Gasteiger partial charge in [0.05, 0.1) is 0 Å². The summed E-state index contributed by atoms with van der Waals surface area (Å²) in [5.41, 5.74) is 2.39. The van der Waals surface area contributed by atoms with Crippen LogP contribution >= 0.6 is 0 Å². The zero-order valence-corrected chi connectivity index (χ0v) is 13.4. The van der Waals surface area contributed by atoms with Crippen molar-refractivity contribution in [3.63, 3.8) is 0 Å². The van der Waals surface area contributed by atoms with E-state index in [1.165, 1.54) is 5.56 Å². The largest absolute Gasteiger partial charge is 0.483 e. The molecule has 0 aliphatic heterocycles. The molecule has 0 radical (unpaired) electrons. The van der Waals surface area contributed by atoms with Gasteiger partial charge in [0.1, 0.15) is 5.75 Å². The third-order valence-electron chi connectivity index (χ3n) is 3.56. The van der Waals surface area contributed by atoms with Gasteiger partial charge in [0.15, 0.2) is 12.4 Å². The molecule has 0 saturated carbocycles. The van der Waals surface area contributed by atoms with Crippen LogP contribution in [0.4, 0.5) is 0 Å². The Hall–Kier alpha value is -2.62. The minimum atomic E-state index is 0.248. The van der Waals surface area contributed by atoms with E-state index >= 15 is 0 Å². The Bertz CT molecular complexity index is 751. The third kappa shape index (κ3) is 3.97. The number of rotatable bonds is 6. The van der Waals surface area contributed by atoms with Crippen molar-refractivity contribution in [1.29, 1.82) is 0 Å². The molecule has 0 spiro atoms. The van der Waals surface area contributed by atoms with E-state index in [1.54, 1.807) is 0 Å². The SMILES string of the molecule is CC(C)c1noc(COc2ccccc2Cc2ccccc2)n1. The molecule has 0 amide bonds. The number of hydrogen-bond acceptors (Lipinski definition) is 4. The topological polar surface area (TPSA) is 48.2 Å². The van der Waals surface area contributed by atoms with Crippen LogP contribution in [0.3, 0.4) is 0 Å². The van der Waals surface area contributed by atoms with E-state index in [0.29, 0.717) is 11.7 Å². The number of benzene rings is 2. The van der Waals surface area contributed by atoms with Crippen LogP contribution in [0.5, 0.6) is 5.75 Å². The maximum absolute atomic E-state index is 5.89. The van der Waals surface area contributed by atoms with Crippen LogP contribution in [0.25, 0.3) is 0 Å². The molecule has 23 heavy (non-hydrogen) atoms. The lowest BCUT2D eigenvalue weighted by Crippen LogP contribution is -2.00. The molecule has 2 aromatic carbocycles. The molecule has 3 aromatic rings. The van der Waals surface area contributed by atoms with E-state index in [1.807, 2.05) is 50.2 Å². The van der Waals surface area contributed by atoms with Crippen LogP contribution in [-0.2, 0) is 13.0 Å². The molecule has 0 bridgehead atoms. The molecule has 0 unspecified atom stereocenters. The van der Waals surface area contributed by atoms with Crippen molar-refractivity contribution >= 4 is 0 Å². The van der Waals surface area contributed by atoms with Crippen LogP contribution in [-0.4, -0.2) is 10.1 Å². The van der Waals surface area contributed by atoms with E-state index in [9.17, 15) is 0 Å². The predicted molar refractivity (Wildman–Crippen MR) is 88.4 cm³/mol. The first-order valence-corrected chi connectivity index (χ1v) is 7.79. The van der Waals surface area contributed by atoms with E-state index < -0.39 is 0 Å². The minimum Gasteiger partial charge on any atom is -0.483 e. The second kappa shape index (κ2) is 7.09. The lowest BCUT2D eigenvalue weighted by atomic mass is 10.0. The molecule has 0 saturated heterocycles. The fourth-order valence-corrected chi connectivity index (χ4v) is 2.31. The Labute approximate surface area is 136 Å². The van der Waals surface area contributed by atoms with Crippen molar-refractivity contribution in [2.24, 2.45) is 0 Å². The van der Waals surface area contributed by atoms with Crippen LogP contribution < -0.4 is 4.74 Å². The van der Waals surface area contributed by atoms with Gasteiger partial charge >= 0.3 is 0 Å². The quantitative estimate of drug-likeness (QED) is 0.678. The second-order valence-corrected chi connectivity index (χ2v) is 5.76. The summed E-state index contributed by atoms with van der Waals surface area (Å²) < 4.78 is 11.1. The highest BCUT2D eigenvalue weighted by Crippen LogP contribution is 2.22. The molecular formula is C19H20N2O2. The molecule has 118 valence electrons. The molecule has 0 N–H and O–H groups in total. The van der Waals surface area contributed by atoms with E-state index in [0.717, 1.165) is 17.7 Å². The smallest absolute Gasteiger partial charge is 0.264 e. The first-order chi connectivity index (χ1) is 11.2. The Morgan fingerprint density at radius 3 is 2.48 bits per heavy atom. The molecule has 1 aromatic heterocycles. The van der Waals surface area contributed by atoms with Crippen molar-refractivity contribution in [1.82, 2.24) is 10.1 Å². The maximum Gasteiger partial charge on any atom is 0.264 e. The van der Waals surface area contributed by atoms with Crippen molar-refractivity contribution in [2.45, 2.75) is 32.8 Å². The summed E-state index contributed by atoms with van der Waals surface area (Å²) in [4.78, 5) is 4.34. The van der Waals surface area contributed by atoms with Gasteiger partial charge in [-0.2, -0.15) is 4.98 Å². The molecule has 1 heterocycles. The summed E-state index contributed by atoms with van der Waals surface area (Å²) in [6, 6.07) is 18.4. The van der Waals surface area contributed by atoms with E-state index in [4.69, 9.17) is 9.26 Å². The predicted octanol–water partition coefficient (Wildman–Crippen LogP) is 4.36. The van der Waals surface area contributed by atoms with Crippen molar-refractivity contribution in [2.75, 3.05) is 0 Å². The lowest BCUT2D eigenvalue weighted by Gasteiger charge is -2.10. The zero-order chi connectivity index (χ0) is 16.1. The van der Waals surface area contributed by atoms with Crippen molar-refractivity contribution < 1.29 is 9.26 Å². The van der Waals surface area contributed by atoms with Gasteiger partial charge in [-0.3, -0.25) is 0 Å². The summed E-state index contributed by atoms with van der Waals surface area (Å²) in [5.74, 6) is 2.31. The Morgan fingerprint density at radius 1 is 1.00 bits per heavy atom. The molecule has 0 aliphatic carbocycles. The van der Waals surface area contributed by atoms with Gasteiger partial charge in [0, 0.05) is 12.3 Å². The fraction of sp³-hybridized carbons (Fsp3) is 0.263. The van der Waals surface area contributed by atoms with Crippen LogP contribution in [0.15, 0.2) is 59.1 Å². The molecule has 4 heteroatoms. The molecule has 0 atom stereocenters. The lowest BCUT2D eigenvalue weighted by molar-refractivity contribution is 0.241. The van der Waals surface area contributed by atoms with Gasteiger partial charge in [-0.1, -0.05) is 67.5 Å². The number of aromatic nitrogens is 2. The maximum atomic E-state index is 5.89. The minimum absolute atomic E-state index is 0.248. The van der Waals surface area contributed by atoms with Gasteiger partial charge < -0.3 is 9.26 Å². The van der Waals surface area contributed by atoms with Gasteiger partial charge in [-0.15, -0.1) is 0 Å². The van der Waals surface area contributed by atoms with Crippen LogP contribution in [0.2, 0.25) is 0 Å². The molecule has 3 rings (SSSR count). The first kappa shape index (κ1) is 15.3. The summed E-state index contributed by atoms with van der Waals surface area (Å²) in [5, 5.41) is 3.95. The monoisotopic (exact) mass is 308 g/mol. The number of ether oxygens (including phenoxy) is 1. The van der Waals surface area contributed by atoms with Crippen molar-refractivity contribution in [3.8, 4) is 5.75 Å². The first-order valence-electron chi connectivity index (χ1n) is 7.79. The molecular weight excluding hydrogens is 288 g/mol. The normalized spacial score (nSPS) is 10.9. The zero-order valence-electron chi connectivity index (χ0n) is 13.4. The van der Waals surface area contributed by atoms with Crippen molar-refractivity contribution in [3.05, 3.63) is 77.4 Å². The van der Waals surface area contributed by atoms with Gasteiger partial charge in [0.25, 0.3) is 5.89 Å². The average molecular weight is 308 g/mol. The summed E-state index contributed by atoms with van der Waals surface area (Å²) >= 11 is 0. The van der Waals surface area contributed by atoms with Gasteiger partial charge in [-0.25, -0.2) is 0 Å². The summed E-state index contributed by atoms with van der Waals surface area (Å²) in [7, 11) is 0. The Morgan fingerprint density at radius 2 is 1.74 bits per heavy atom. The van der Waals surface area contributed by atoms with Crippen LogP contribution in [0.1, 0.15) is 42.6 Å². The van der Waals surface area contributed by atoms with E-state index in [-0.39, 0.29) is 12.5 Å². The van der Waals surface area contributed by atoms with E-state index in [2.05, 4.69) is 28.3 Å². The summed E-state index contributed by atoms with van der Waals surface area (Å²) in [6.07, 6.45) is 0.831. The van der Waals surface area contributed by atoms with Crippen LogP contribution in [0, 0.1) is 0 Å². The molecule has 0 aliphatic rings. The highest BCUT2D eigenvalue weighted by atomic mass is 16.5. The van der Waals surface area contributed by atoms with Gasteiger partial charge in [0.2, 0.25) is 0 Å². The summed E-state index contributed by atoms with van der Waals surface area (Å²) in [6.45, 7) is 4.35. The highest BCUT2D eigenvalue weighted by Gasteiger charge is 2.11. The van der Waals surface area contributed by atoms with Gasteiger partial charge in [-0.05, 0) is 17.2 Å². The number of hydrogen-bond donors (Lipinski definition) is 0. The average Bonchev–Trinajstić information content (AvgIpc) is 3.04.